The van der Waals surface area contributed by atoms with E-state index in [0.717, 1.165) is 37.9 Å². The maximum Gasteiger partial charge on any atom is 0.320 e. The molecular weight excluding hydrogens is 356 g/mol. The van der Waals surface area contributed by atoms with Crippen molar-refractivity contribution in [3.63, 3.8) is 0 Å². The second kappa shape index (κ2) is 7.59. The third kappa shape index (κ3) is 2.91. The molecule has 1 fully saturated rings. The molecule has 150 valence electrons. The van der Waals surface area contributed by atoms with E-state index in [4.69, 9.17) is 9.47 Å². The van der Waals surface area contributed by atoms with Gasteiger partial charge in [-0.05, 0) is 42.9 Å². The molecule has 0 saturated carbocycles. The number of H-pyrrole nitrogens is 1. The van der Waals surface area contributed by atoms with Crippen molar-refractivity contribution in [1.29, 1.82) is 0 Å². The molecule has 4 rings (SSSR count). The molecule has 2 aromatic rings. The van der Waals surface area contributed by atoms with Gasteiger partial charge in [0.15, 0.2) is 5.92 Å². The Bertz CT molecular complexity index is 874. The standard InChI is InChI=1S/C22H28N2O4/c1-4-13-15(18(21(25)27-2)22(26)28-3)9-11-24-12-10-16-14-7-5-6-8-17(14)23-19(16)20(13)24/h5-8,13,15,18,20,23H,4,9-12H2,1-3H3/t13-,15+,20+/m1/s1. The van der Waals surface area contributed by atoms with Gasteiger partial charge in [0.2, 0.25) is 0 Å². The first-order chi connectivity index (χ1) is 13.6. The zero-order valence-electron chi connectivity index (χ0n) is 16.7. The van der Waals surface area contributed by atoms with Crippen LogP contribution in [0, 0.1) is 17.8 Å². The molecule has 6 nitrogen and oxygen atoms in total. The maximum atomic E-state index is 12.5. The summed E-state index contributed by atoms with van der Waals surface area (Å²) in [7, 11) is 2.68. The van der Waals surface area contributed by atoms with Gasteiger partial charge in [0, 0.05) is 23.1 Å². The molecule has 0 radical (unpaired) electrons. The van der Waals surface area contributed by atoms with Gasteiger partial charge < -0.3 is 14.5 Å². The molecule has 3 atom stereocenters. The number of carbonyl (C=O) groups excluding carboxylic acids is 2. The molecule has 1 aromatic heterocycles. The van der Waals surface area contributed by atoms with Crippen molar-refractivity contribution in [2.45, 2.75) is 32.2 Å². The van der Waals surface area contributed by atoms with Crippen LogP contribution in [0.3, 0.4) is 0 Å². The van der Waals surface area contributed by atoms with Crippen molar-refractivity contribution in [2.75, 3.05) is 27.3 Å². The Balaban J connectivity index is 1.77. The van der Waals surface area contributed by atoms with Crippen LogP contribution in [0.15, 0.2) is 24.3 Å². The Morgan fingerprint density at radius 2 is 1.89 bits per heavy atom. The minimum atomic E-state index is -0.864. The molecule has 3 heterocycles. The number of piperidine rings is 1. The van der Waals surface area contributed by atoms with Gasteiger partial charge in [-0.25, -0.2) is 0 Å². The summed E-state index contributed by atoms with van der Waals surface area (Å²) in [5.41, 5.74) is 3.78. The lowest BCUT2D eigenvalue weighted by atomic mass is 9.69. The van der Waals surface area contributed by atoms with Crippen molar-refractivity contribution in [3.05, 3.63) is 35.5 Å². The van der Waals surface area contributed by atoms with Crippen molar-refractivity contribution in [1.82, 2.24) is 9.88 Å². The van der Waals surface area contributed by atoms with Gasteiger partial charge in [0.1, 0.15) is 0 Å². The van der Waals surface area contributed by atoms with Gasteiger partial charge in [-0.1, -0.05) is 31.5 Å². The number of esters is 2. The molecule has 2 aliphatic rings. The quantitative estimate of drug-likeness (QED) is 0.648. The van der Waals surface area contributed by atoms with Crippen LogP contribution < -0.4 is 0 Å². The summed E-state index contributed by atoms with van der Waals surface area (Å²) < 4.78 is 9.95. The number of nitrogens with zero attached hydrogens (tertiary/aromatic N) is 1. The lowest BCUT2D eigenvalue weighted by molar-refractivity contribution is -0.165. The fraction of sp³-hybridized carbons (Fsp3) is 0.545. The molecule has 2 aliphatic heterocycles. The summed E-state index contributed by atoms with van der Waals surface area (Å²) in [5.74, 6) is -1.77. The van der Waals surface area contributed by atoms with Crippen LogP contribution in [-0.2, 0) is 25.5 Å². The first-order valence-corrected chi connectivity index (χ1v) is 10.1. The fourth-order valence-corrected chi connectivity index (χ4v) is 5.46. The number of rotatable bonds is 4. The van der Waals surface area contributed by atoms with E-state index in [2.05, 4.69) is 35.0 Å². The predicted octanol–water partition coefficient (Wildman–Crippen LogP) is 3.08. The van der Waals surface area contributed by atoms with E-state index in [1.54, 1.807) is 0 Å². The average molecular weight is 384 g/mol. The number of aromatic nitrogens is 1. The third-order valence-electron chi connectivity index (χ3n) is 6.70. The van der Waals surface area contributed by atoms with Crippen LogP contribution in [0.1, 0.15) is 37.1 Å². The number of benzene rings is 1. The number of ether oxygens (including phenoxy) is 2. The molecule has 0 aliphatic carbocycles. The Hall–Kier alpha value is -2.34. The zero-order chi connectivity index (χ0) is 19.8. The van der Waals surface area contributed by atoms with Crippen LogP contribution in [0.2, 0.25) is 0 Å². The van der Waals surface area contributed by atoms with E-state index in [0.29, 0.717) is 0 Å². The van der Waals surface area contributed by atoms with E-state index in [1.165, 1.54) is 30.9 Å². The highest BCUT2D eigenvalue weighted by Gasteiger charge is 2.49. The Morgan fingerprint density at radius 3 is 2.57 bits per heavy atom. The van der Waals surface area contributed by atoms with Crippen molar-refractivity contribution < 1.29 is 19.1 Å². The number of carbonyl (C=O) groups is 2. The molecule has 0 amide bonds. The summed E-state index contributed by atoms with van der Waals surface area (Å²) in [5, 5.41) is 1.28. The Morgan fingerprint density at radius 1 is 1.18 bits per heavy atom. The number of nitrogens with one attached hydrogen (secondary N) is 1. The molecule has 1 saturated heterocycles. The molecule has 0 bridgehead atoms. The molecule has 0 unspecified atom stereocenters. The number of fused-ring (bicyclic) bond motifs is 5. The average Bonchev–Trinajstić information content (AvgIpc) is 3.12. The number of para-hydroxylation sites is 1. The number of methoxy groups -OCH3 is 2. The monoisotopic (exact) mass is 384 g/mol. The summed E-state index contributed by atoms with van der Waals surface area (Å²) in [4.78, 5) is 31.1. The smallest absolute Gasteiger partial charge is 0.320 e. The molecule has 28 heavy (non-hydrogen) atoms. The first-order valence-electron chi connectivity index (χ1n) is 10.1. The molecule has 0 spiro atoms. The summed E-state index contributed by atoms with van der Waals surface area (Å²) in [6, 6.07) is 8.59. The van der Waals surface area contributed by atoms with E-state index in [-0.39, 0.29) is 17.9 Å². The van der Waals surface area contributed by atoms with Crippen molar-refractivity contribution >= 4 is 22.8 Å². The van der Waals surface area contributed by atoms with Gasteiger partial charge in [-0.2, -0.15) is 0 Å². The highest BCUT2D eigenvalue weighted by molar-refractivity contribution is 5.95. The topological polar surface area (TPSA) is 71.6 Å². The van der Waals surface area contributed by atoms with Crippen LogP contribution in [0.5, 0.6) is 0 Å². The van der Waals surface area contributed by atoms with E-state index >= 15 is 0 Å². The second-order valence-corrected chi connectivity index (χ2v) is 7.84. The van der Waals surface area contributed by atoms with Crippen LogP contribution in [0.25, 0.3) is 10.9 Å². The zero-order valence-corrected chi connectivity index (χ0v) is 16.7. The van der Waals surface area contributed by atoms with Gasteiger partial charge in [0.25, 0.3) is 0 Å². The van der Waals surface area contributed by atoms with Gasteiger partial charge >= 0.3 is 11.9 Å². The normalized spacial score (nSPS) is 24.6. The maximum absolute atomic E-state index is 12.5. The largest absolute Gasteiger partial charge is 0.468 e. The van der Waals surface area contributed by atoms with Crippen molar-refractivity contribution in [2.24, 2.45) is 17.8 Å². The molecular formula is C22H28N2O4. The van der Waals surface area contributed by atoms with Crippen LogP contribution in [-0.4, -0.2) is 49.1 Å². The van der Waals surface area contributed by atoms with Crippen LogP contribution in [0.4, 0.5) is 0 Å². The van der Waals surface area contributed by atoms with Gasteiger partial charge in [0.05, 0.1) is 20.3 Å². The highest BCUT2D eigenvalue weighted by Crippen LogP contribution is 2.48. The molecule has 1 N–H and O–H groups in total. The number of hydrogen-bond donors (Lipinski definition) is 1. The minimum Gasteiger partial charge on any atom is -0.468 e. The number of aromatic amines is 1. The SMILES string of the molecule is CC[C@@H]1[C@@H](C(C(=O)OC)C(=O)OC)CCN2CCc3c([nH]c4ccccc34)[C@H]12. The summed E-state index contributed by atoms with van der Waals surface area (Å²) in [6.07, 6.45) is 2.69. The lowest BCUT2D eigenvalue weighted by Gasteiger charge is -2.48. The molecule has 6 heteroatoms. The second-order valence-electron chi connectivity index (χ2n) is 7.84. The Kier molecular flexibility index (Phi) is 5.15. The number of hydrogen-bond acceptors (Lipinski definition) is 5. The van der Waals surface area contributed by atoms with E-state index in [1.807, 2.05) is 6.07 Å². The lowest BCUT2D eigenvalue weighted by Crippen LogP contribution is -2.50. The van der Waals surface area contributed by atoms with E-state index in [9.17, 15) is 9.59 Å². The van der Waals surface area contributed by atoms with E-state index < -0.39 is 17.9 Å². The fourth-order valence-electron chi connectivity index (χ4n) is 5.46. The summed E-state index contributed by atoms with van der Waals surface area (Å²) >= 11 is 0. The highest BCUT2D eigenvalue weighted by atomic mass is 16.5. The third-order valence-corrected chi connectivity index (χ3v) is 6.70. The predicted molar refractivity (Wildman–Crippen MR) is 106 cm³/mol. The van der Waals surface area contributed by atoms with Crippen LogP contribution >= 0.6 is 0 Å². The van der Waals surface area contributed by atoms with Gasteiger partial charge in [-0.15, -0.1) is 0 Å². The van der Waals surface area contributed by atoms with Gasteiger partial charge in [-0.3, -0.25) is 14.5 Å². The minimum absolute atomic E-state index is 0.0940. The first kappa shape index (κ1) is 19.0. The summed E-state index contributed by atoms with van der Waals surface area (Å²) in [6.45, 7) is 4.01. The van der Waals surface area contributed by atoms with Crippen molar-refractivity contribution in [3.8, 4) is 0 Å². The molecule has 1 aromatic carbocycles. The Labute approximate surface area is 165 Å².